The molecule has 0 spiro atoms. The van der Waals surface area contributed by atoms with Gasteiger partial charge in [-0.2, -0.15) is 0 Å². The van der Waals surface area contributed by atoms with Crippen LogP contribution in [0.3, 0.4) is 0 Å². The Morgan fingerprint density at radius 1 is 0.958 bits per heavy atom. The van der Waals surface area contributed by atoms with Gasteiger partial charge in [-0.05, 0) is 55.8 Å². The van der Waals surface area contributed by atoms with Crippen LogP contribution in [0.15, 0.2) is 48.5 Å². The second-order valence-electron chi connectivity index (χ2n) is 5.00. The second kappa shape index (κ2) is 8.77. The van der Waals surface area contributed by atoms with Gasteiger partial charge >= 0.3 is 0 Å². The van der Waals surface area contributed by atoms with Crippen molar-refractivity contribution in [1.82, 2.24) is 0 Å². The van der Waals surface area contributed by atoms with Crippen molar-refractivity contribution in [2.45, 2.75) is 13.8 Å². The Kier molecular flexibility index (Phi) is 6.43. The number of allylic oxidation sites excluding steroid dienone is 1. The van der Waals surface area contributed by atoms with Gasteiger partial charge in [0.1, 0.15) is 5.75 Å². The van der Waals surface area contributed by atoms with E-state index in [2.05, 4.69) is 0 Å². The van der Waals surface area contributed by atoms with E-state index in [-0.39, 0.29) is 5.78 Å². The molecule has 2 aromatic carbocycles. The smallest absolute Gasteiger partial charge is 0.185 e. The van der Waals surface area contributed by atoms with Crippen molar-refractivity contribution in [3.05, 3.63) is 59.7 Å². The first-order chi connectivity index (χ1) is 11.7. The van der Waals surface area contributed by atoms with Crippen molar-refractivity contribution in [2.24, 2.45) is 0 Å². The lowest BCUT2D eigenvalue weighted by Gasteiger charge is -2.11. The molecule has 0 N–H and O–H groups in total. The molecular weight excluding hydrogens is 304 g/mol. The molecular formula is C20H22O4. The lowest BCUT2D eigenvalue weighted by Crippen LogP contribution is -2.01. The first-order valence-corrected chi connectivity index (χ1v) is 7.94. The Morgan fingerprint density at radius 2 is 1.62 bits per heavy atom. The van der Waals surface area contributed by atoms with Crippen LogP contribution < -0.4 is 14.2 Å². The van der Waals surface area contributed by atoms with E-state index in [1.807, 2.05) is 38.1 Å². The Bertz CT molecular complexity index is 702. The third-order valence-electron chi connectivity index (χ3n) is 3.37. The Labute approximate surface area is 142 Å². The Hall–Kier alpha value is -2.75. The lowest BCUT2D eigenvalue weighted by atomic mass is 10.1. The lowest BCUT2D eigenvalue weighted by molar-refractivity contribution is 0.104. The molecule has 0 fully saturated rings. The van der Waals surface area contributed by atoms with E-state index in [0.717, 1.165) is 11.3 Å². The van der Waals surface area contributed by atoms with Crippen molar-refractivity contribution in [3.63, 3.8) is 0 Å². The number of hydrogen-bond donors (Lipinski definition) is 0. The predicted octanol–water partition coefficient (Wildman–Crippen LogP) is 4.39. The zero-order valence-corrected chi connectivity index (χ0v) is 14.2. The summed E-state index contributed by atoms with van der Waals surface area (Å²) in [7, 11) is 1.62. The second-order valence-corrected chi connectivity index (χ2v) is 5.00. The molecule has 0 unspecified atom stereocenters. The number of rotatable bonds is 8. The van der Waals surface area contributed by atoms with E-state index in [4.69, 9.17) is 14.2 Å². The summed E-state index contributed by atoms with van der Waals surface area (Å²) in [4.78, 5) is 12.4. The first kappa shape index (κ1) is 17.6. The molecule has 2 rings (SSSR count). The van der Waals surface area contributed by atoms with Gasteiger partial charge in [0, 0.05) is 5.56 Å². The molecule has 0 aliphatic heterocycles. The van der Waals surface area contributed by atoms with Crippen LogP contribution in [0.5, 0.6) is 17.2 Å². The van der Waals surface area contributed by atoms with Crippen molar-refractivity contribution in [2.75, 3.05) is 20.3 Å². The van der Waals surface area contributed by atoms with Gasteiger partial charge in [-0.1, -0.05) is 18.2 Å². The van der Waals surface area contributed by atoms with Gasteiger partial charge in [-0.25, -0.2) is 0 Å². The summed E-state index contributed by atoms with van der Waals surface area (Å²) < 4.78 is 16.2. The highest BCUT2D eigenvalue weighted by Gasteiger charge is 2.09. The van der Waals surface area contributed by atoms with E-state index >= 15 is 0 Å². The largest absolute Gasteiger partial charge is 0.497 e. The molecule has 0 amide bonds. The van der Waals surface area contributed by atoms with Crippen molar-refractivity contribution >= 4 is 11.9 Å². The number of carbonyl (C=O) groups excluding carboxylic acids is 1. The van der Waals surface area contributed by atoms with Gasteiger partial charge in [0.2, 0.25) is 0 Å². The molecule has 0 heterocycles. The molecule has 4 heteroatoms. The third-order valence-corrected chi connectivity index (χ3v) is 3.37. The van der Waals surface area contributed by atoms with Crippen molar-refractivity contribution in [3.8, 4) is 17.2 Å². The fourth-order valence-electron chi connectivity index (χ4n) is 2.19. The maximum absolute atomic E-state index is 12.4. The minimum absolute atomic E-state index is 0.0881. The van der Waals surface area contributed by atoms with Crippen LogP contribution in [-0.4, -0.2) is 26.1 Å². The highest BCUT2D eigenvalue weighted by molar-refractivity contribution is 6.07. The molecule has 0 saturated carbocycles. The highest BCUT2D eigenvalue weighted by atomic mass is 16.5. The molecule has 0 aliphatic carbocycles. The molecule has 0 radical (unpaired) electrons. The van der Waals surface area contributed by atoms with Gasteiger partial charge in [0.25, 0.3) is 0 Å². The summed E-state index contributed by atoms with van der Waals surface area (Å²) in [6.07, 6.45) is 3.33. The Balaban J connectivity index is 2.15. The van der Waals surface area contributed by atoms with Gasteiger partial charge in [-0.3, -0.25) is 4.79 Å². The van der Waals surface area contributed by atoms with Crippen LogP contribution in [-0.2, 0) is 0 Å². The highest BCUT2D eigenvalue weighted by Crippen LogP contribution is 2.29. The van der Waals surface area contributed by atoms with Crippen LogP contribution in [0.2, 0.25) is 0 Å². The number of hydrogen-bond acceptors (Lipinski definition) is 4. The summed E-state index contributed by atoms with van der Waals surface area (Å²) in [6.45, 7) is 4.87. The SMILES string of the molecule is CCOc1ccc(C(=O)C=Cc2ccc(OC)cc2)cc1OCC. The van der Waals surface area contributed by atoms with Gasteiger partial charge in [0.05, 0.1) is 20.3 Å². The molecule has 0 aromatic heterocycles. The maximum atomic E-state index is 12.4. The molecule has 4 nitrogen and oxygen atoms in total. The summed E-state index contributed by atoms with van der Waals surface area (Å²) in [5.41, 5.74) is 1.49. The summed E-state index contributed by atoms with van der Waals surface area (Å²) in [5, 5.41) is 0. The molecule has 126 valence electrons. The summed E-state index contributed by atoms with van der Waals surface area (Å²) in [5.74, 6) is 1.93. The number of methoxy groups -OCH3 is 1. The predicted molar refractivity (Wildman–Crippen MR) is 95.1 cm³/mol. The first-order valence-electron chi connectivity index (χ1n) is 7.94. The normalized spacial score (nSPS) is 10.6. The quantitative estimate of drug-likeness (QED) is 0.533. The molecule has 0 bridgehead atoms. The monoisotopic (exact) mass is 326 g/mol. The number of ether oxygens (including phenoxy) is 3. The number of carbonyl (C=O) groups is 1. The van der Waals surface area contributed by atoms with E-state index in [1.165, 1.54) is 0 Å². The van der Waals surface area contributed by atoms with E-state index < -0.39 is 0 Å². The van der Waals surface area contributed by atoms with Gasteiger partial charge < -0.3 is 14.2 Å². The minimum atomic E-state index is -0.0881. The average Bonchev–Trinajstić information content (AvgIpc) is 2.62. The van der Waals surface area contributed by atoms with E-state index in [9.17, 15) is 4.79 Å². The fraction of sp³-hybridized carbons (Fsp3) is 0.250. The molecule has 2 aromatic rings. The van der Waals surface area contributed by atoms with Gasteiger partial charge in [-0.15, -0.1) is 0 Å². The zero-order valence-electron chi connectivity index (χ0n) is 14.2. The molecule has 0 atom stereocenters. The average molecular weight is 326 g/mol. The van der Waals surface area contributed by atoms with Crippen molar-refractivity contribution < 1.29 is 19.0 Å². The van der Waals surface area contributed by atoms with Crippen LogP contribution >= 0.6 is 0 Å². The number of ketones is 1. The molecule has 24 heavy (non-hydrogen) atoms. The van der Waals surface area contributed by atoms with Gasteiger partial charge in [0.15, 0.2) is 17.3 Å². The maximum Gasteiger partial charge on any atom is 0.185 e. The minimum Gasteiger partial charge on any atom is -0.497 e. The molecule has 0 aliphatic rings. The Morgan fingerprint density at radius 3 is 2.25 bits per heavy atom. The van der Waals surface area contributed by atoms with E-state index in [0.29, 0.717) is 30.3 Å². The summed E-state index contributed by atoms with van der Waals surface area (Å²) >= 11 is 0. The summed E-state index contributed by atoms with van der Waals surface area (Å²) in [6, 6.07) is 12.7. The van der Waals surface area contributed by atoms with Crippen LogP contribution in [0.1, 0.15) is 29.8 Å². The number of benzene rings is 2. The third kappa shape index (κ3) is 4.62. The zero-order chi connectivity index (χ0) is 17.4. The molecule has 0 saturated heterocycles. The standard InChI is InChI=1S/C20H22O4/c1-4-23-19-13-9-16(14-20(19)24-5-2)18(21)12-8-15-6-10-17(22-3)11-7-15/h6-14H,4-5H2,1-3H3. The van der Waals surface area contributed by atoms with Crippen LogP contribution in [0.4, 0.5) is 0 Å². The van der Waals surface area contributed by atoms with Crippen molar-refractivity contribution in [1.29, 1.82) is 0 Å². The van der Waals surface area contributed by atoms with Crippen LogP contribution in [0, 0.1) is 0 Å². The van der Waals surface area contributed by atoms with E-state index in [1.54, 1.807) is 37.5 Å². The fourth-order valence-corrected chi connectivity index (χ4v) is 2.19. The van der Waals surface area contributed by atoms with Crippen LogP contribution in [0.25, 0.3) is 6.08 Å². The topological polar surface area (TPSA) is 44.8 Å².